The molecular weight excluding hydrogens is 373 g/mol. The van der Waals surface area contributed by atoms with Crippen molar-refractivity contribution in [3.8, 4) is 0 Å². The molecule has 0 bridgehead atoms. The molecule has 2 aromatic carbocycles. The zero-order chi connectivity index (χ0) is 19.3. The van der Waals surface area contributed by atoms with Crippen LogP contribution in [0.25, 0.3) is 0 Å². The molecule has 0 fully saturated rings. The highest BCUT2D eigenvalue weighted by Gasteiger charge is 2.31. The fourth-order valence-electron chi connectivity index (χ4n) is 2.13. The summed E-state index contributed by atoms with van der Waals surface area (Å²) < 4.78 is 43.0. The van der Waals surface area contributed by atoms with Gasteiger partial charge in [0.25, 0.3) is 0 Å². The summed E-state index contributed by atoms with van der Waals surface area (Å²) in [6, 6.07) is 8.72. The van der Waals surface area contributed by atoms with Crippen LogP contribution in [0.2, 0.25) is 5.02 Å². The first-order valence-corrected chi connectivity index (χ1v) is 7.67. The number of amides is 2. The van der Waals surface area contributed by atoms with Gasteiger partial charge in [-0.15, -0.1) is 0 Å². The van der Waals surface area contributed by atoms with Gasteiger partial charge in [-0.05, 0) is 23.8 Å². The topological polar surface area (TPSA) is 67.4 Å². The van der Waals surface area contributed by atoms with E-state index < -0.39 is 29.8 Å². The Kier molecular flexibility index (Phi) is 6.10. The summed E-state index contributed by atoms with van der Waals surface area (Å²) in [5, 5.41) is 4.48. The van der Waals surface area contributed by atoms with Gasteiger partial charge in [0.15, 0.2) is 6.04 Å². The van der Waals surface area contributed by atoms with Gasteiger partial charge >= 0.3 is 18.2 Å². The normalized spacial score (nSPS) is 12.2. The molecule has 0 aromatic heterocycles. The first-order chi connectivity index (χ1) is 12.2. The summed E-state index contributed by atoms with van der Waals surface area (Å²) in [4.78, 5) is 24.1. The monoisotopic (exact) mass is 386 g/mol. The third-order valence-corrected chi connectivity index (χ3v) is 3.72. The molecule has 5 nitrogen and oxygen atoms in total. The maximum Gasteiger partial charge on any atom is 0.416 e. The van der Waals surface area contributed by atoms with Crippen LogP contribution in [0.3, 0.4) is 0 Å². The first kappa shape index (κ1) is 19.6. The summed E-state index contributed by atoms with van der Waals surface area (Å²) in [6.45, 7) is 0. The number of hydrogen-bond acceptors (Lipinski definition) is 3. The summed E-state index contributed by atoms with van der Waals surface area (Å²) >= 11 is 5.83. The van der Waals surface area contributed by atoms with Crippen LogP contribution < -0.4 is 10.6 Å². The highest BCUT2D eigenvalue weighted by atomic mass is 35.5. The van der Waals surface area contributed by atoms with Gasteiger partial charge < -0.3 is 15.4 Å². The van der Waals surface area contributed by atoms with E-state index in [4.69, 9.17) is 11.6 Å². The van der Waals surface area contributed by atoms with Crippen molar-refractivity contribution in [2.75, 3.05) is 12.4 Å². The lowest BCUT2D eigenvalue weighted by atomic mass is 10.1. The molecule has 2 N–H and O–H groups in total. The smallest absolute Gasteiger partial charge is 0.416 e. The summed E-state index contributed by atoms with van der Waals surface area (Å²) in [6.07, 6.45) is -4.59. The maximum atomic E-state index is 12.8. The minimum atomic E-state index is -4.59. The quantitative estimate of drug-likeness (QED) is 0.765. The average Bonchev–Trinajstić information content (AvgIpc) is 2.60. The second-order valence-corrected chi connectivity index (χ2v) is 5.56. The zero-order valence-corrected chi connectivity index (χ0v) is 14.2. The van der Waals surface area contributed by atoms with Crippen molar-refractivity contribution in [3.63, 3.8) is 0 Å². The van der Waals surface area contributed by atoms with E-state index in [2.05, 4.69) is 15.4 Å². The van der Waals surface area contributed by atoms with Crippen molar-refractivity contribution in [1.82, 2.24) is 5.32 Å². The van der Waals surface area contributed by atoms with Crippen molar-refractivity contribution in [2.45, 2.75) is 12.2 Å². The van der Waals surface area contributed by atoms with Crippen molar-refractivity contribution < 1.29 is 27.5 Å². The number of methoxy groups -OCH3 is 1. The van der Waals surface area contributed by atoms with Gasteiger partial charge in [-0.1, -0.05) is 41.9 Å². The number of rotatable bonds is 4. The van der Waals surface area contributed by atoms with Crippen LogP contribution in [0, 0.1) is 0 Å². The molecule has 9 heteroatoms. The molecule has 26 heavy (non-hydrogen) atoms. The SMILES string of the molecule is COC(=O)C(NC(=O)Nc1cc(C(F)(F)F)ccc1Cl)c1ccccc1. The molecule has 0 aliphatic heterocycles. The number of benzene rings is 2. The fourth-order valence-corrected chi connectivity index (χ4v) is 2.29. The van der Waals surface area contributed by atoms with E-state index in [1.165, 1.54) is 0 Å². The Hall–Kier alpha value is -2.74. The minimum Gasteiger partial charge on any atom is -0.467 e. The van der Waals surface area contributed by atoms with Crippen LogP contribution in [0.4, 0.5) is 23.7 Å². The Bertz CT molecular complexity index is 798. The number of esters is 1. The second-order valence-electron chi connectivity index (χ2n) is 5.16. The molecular formula is C17H14ClF3N2O3. The molecule has 0 aliphatic rings. The largest absolute Gasteiger partial charge is 0.467 e. The van der Waals surface area contributed by atoms with E-state index in [9.17, 15) is 22.8 Å². The van der Waals surface area contributed by atoms with Crippen LogP contribution in [-0.4, -0.2) is 19.1 Å². The number of alkyl halides is 3. The molecule has 0 saturated carbocycles. The van der Waals surface area contributed by atoms with E-state index in [0.717, 1.165) is 19.2 Å². The number of urea groups is 1. The Morgan fingerprint density at radius 2 is 1.77 bits per heavy atom. The molecule has 0 heterocycles. The summed E-state index contributed by atoms with van der Waals surface area (Å²) in [5.74, 6) is -0.735. The molecule has 0 saturated heterocycles. The number of ether oxygens (including phenoxy) is 1. The Morgan fingerprint density at radius 1 is 1.12 bits per heavy atom. The van der Waals surface area contributed by atoms with Crippen molar-refractivity contribution in [3.05, 3.63) is 64.7 Å². The molecule has 0 radical (unpaired) electrons. The van der Waals surface area contributed by atoms with Crippen molar-refractivity contribution in [1.29, 1.82) is 0 Å². The van der Waals surface area contributed by atoms with E-state index in [1.807, 2.05) is 0 Å². The van der Waals surface area contributed by atoms with Gasteiger partial charge in [0.05, 0.1) is 23.4 Å². The van der Waals surface area contributed by atoms with Gasteiger partial charge in [-0.25, -0.2) is 9.59 Å². The predicted molar refractivity (Wildman–Crippen MR) is 89.8 cm³/mol. The molecule has 138 valence electrons. The minimum absolute atomic E-state index is 0.0810. The number of anilines is 1. The van der Waals surface area contributed by atoms with E-state index in [1.54, 1.807) is 30.3 Å². The standard InChI is InChI=1S/C17H14ClF3N2O3/c1-26-15(24)14(10-5-3-2-4-6-10)23-16(25)22-13-9-11(17(19,20)21)7-8-12(13)18/h2-9,14H,1H3,(H2,22,23,25). The van der Waals surface area contributed by atoms with Crippen LogP contribution in [0.5, 0.6) is 0 Å². The highest BCUT2D eigenvalue weighted by Crippen LogP contribution is 2.33. The van der Waals surface area contributed by atoms with Gasteiger partial charge in [0, 0.05) is 0 Å². The second kappa shape index (κ2) is 8.09. The maximum absolute atomic E-state index is 12.8. The number of carbonyl (C=O) groups is 2. The van der Waals surface area contributed by atoms with Gasteiger partial charge in [0.1, 0.15) is 0 Å². The number of nitrogens with one attached hydrogen (secondary N) is 2. The number of halogens is 4. The molecule has 0 aliphatic carbocycles. The molecule has 2 amide bonds. The molecule has 0 spiro atoms. The third-order valence-electron chi connectivity index (χ3n) is 3.39. The zero-order valence-electron chi connectivity index (χ0n) is 13.4. The number of carbonyl (C=O) groups excluding carboxylic acids is 2. The van der Waals surface area contributed by atoms with E-state index >= 15 is 0 Å². The van der Waals surface area contributed by atoms with Crippen LogP contribution in [0.15, 0.2) is 48.5 Å². The van der Waals surface area contributed by atoms with Crippen LogP contribution in [-0.2, 0) is 15.7 Å². The third kappa shape index (κ3) is 4.89. The van der Waals surface area contributed by atoms with Gasteiger partial charge in [0.2, 0.25) is 0 Å². The lowest BCUT2D eigenvalue weighted by Crippen LogP contribution is -2.37. The summed E-state index contributed by atoms with van der Waals surface area (Å²) in [7, 11) is 1.15. The Balaban J connectivity index is 2.20. The van der Waals surface area contributed by atoms with Crippen molar-refractivity contribution >= 4 is 29.3 Å². The lowest BCUT2D eigenvalue weighted by molar-refractivity contribution is -0.143. The van der Waals surface area contributed by atoms with Gasteiger partial charge in [-0.3, -0.25) is 0 Å². The Labute approximate surface area is 152 Å². The van der Waals surface area contributed by atoms with E-state index in [-0.39, 0.29) is 10.7 Å². The van der Waals surface area contributed by atoms with Gasteiger partial charge in [-0.2, -0.15) is 13.2 Å². The van der Waals surface area contributed by atoms with Crippen molar-refractivity contribution in [2.24, 2.45) is 0 Å². The Morgan fingerprint density at radius 3 is 2.35 bits per heavy atom. The number of hydrogen-bond donors (Lipinski definition) is 2. The van der Waals surface area contributed by atoms with Crippen LogP contribution in [0.1, 0.15) is 17.2 Å². The predicted octanol–water partition coefficient (Wildman–Crippen LogP) is 4.39. The first-order valence-electron chi connectivity index (χ1n) is 7.29. The average molecular weight is 387 g/mol. The highest BCUT2D eigenvalue weighted by molar-refractivity contribution is 6.33. The molecule has 1 atom stereocenters. The molecule has 1 unspecified atom stereocenters. The lowest BCUT2D eigenvalue weighted by Gasteiger charge is -2.18. The molecule has 2 aromatic rings. The van der Waals surface area contributed by atoms with Crippen LogP contribution >= 0.6 is 11.6 Å². The fraction of sp³-hybridized carbons (Fsp3) is 0.176. The summed E-state index contributed by atoms with van der Waals surface area (Å²) in [5.41, 5.74) is -0.759. The van der Waals surface area contributed by atoms with E-state index in [0.29, 0.717) is 11.6 Å². The molecule has 2 rings (SSSR count).